The molecule has 0 unspecified atom stereocenters. The van der Waals surface area contributed by atoms with Crippen LogP contribution in [-0.4, -0.2) is 53.7 Å². The fourth-order valence-electron chi connectivity index (χ4n) is 0.815. The molecule has 0 aromatic carbocycles. The van der Waals surface area contributed by atoms with Crippen LogP contribution in [0.3, 0.4) is 0 Å². The average molecular weight is 281 g/mol. The summed E-state index contributed by atoms with van der Waals surface area (Å²) in [6, 6.07) is 0. The van der Waals surface area contributed by atoms with Crippen molar-refractivity contribution in [3.63, 3.8) is 0 Å². The lowest BCUT2D eigenvalue weighted by Gasteiger charge is -2.04. The van der Waals surface area contributed by atoms with Crippen LogP contribution >= 0.6 is 0 Å². The Hall–Kier alpha value is -0.160. The zero-order valence-electron chi connectivity index (χ0n) is 14.7. The van der Waals surface area contributed by atoms with Crippen molar-refractivity contribution in [3.05, 3.63) is 0 Å². The normalized spacial score (nSPS) is 8.21. The van der Waals surface area contributed by atoms with Crippen LogP contribution in [0.5, 0.6) is 0 Å². The standard InChI is InChI=1S/C9H21NO3.3C2H6/c1-10-4-3-5-12-8-9-13-7-6-11-2;3*1-2/h10H,3-9H2,1-2H3;3*1-2H3. The van der Waals surface area contributed by atoms with Crippen molar-refractivity contribution in [3.8, 4) is 0 Å². The Labute approximate surface area is 122 Å². The van der Waals surface area contributed by atoms with E-state index in [1.165, 1.54) is 0 Å². The zero-order valence-corrected chi connectivity index (χ0v) is 14.7. The van der Waals surface area contributed by atoms with Gasteiger partial charge in [0.1, 0.15) is 0 Å². The maximum Gasteiger partial charge on any atom is 0.0701 e. The molecule has 0 radical (unpaired) electrons. The lowest BCUT2D eigenvalue weighted by molar-refractivity contribution is 0.0244. The highest BCUT2D eigenvalue weighted by Crippen LogP contribution is 1.82. The van der Waals surface area contributed by atoms with Crippen molar-refractivity contribution in [1.29, 1.82) is 0 Å². The van der Waals surface area contributed by atoms with Crippen LogP contribution in [0.15, 0.2) is 0 Å². The number of hydrogen-bond donors (Lipinski definition) is 1. The van der Waals surface area contributed by atoms with E-state index in [-0.39, 0.29) is 0 Å². The Morgan fingerprint density at radius 3 is 1.53 bits per heavy atom. The summed E-state index contributed by atoms with van der Waals surface area (Å²) >= 11 is 0. The molecule has 0 bridgehead atoms. The fourth-order valence-corrected chi connectivity index (χ4v) is 0.815. The first-order chi connectivity index (χ1) is 9.41. The van der Waals surface area contributed by atoms with Crippen LogP contribution in [0.1, 0.15) is 48.0 Å². The van der Waals surface area contributed by atoms with Gasteiger partial charge in [-0.1, -0.05) is 41.5 Å². The lowest BCUT2D eigenvalue weighted by Crippen LogP contribution is -2.13. The van der Waals surface area contributed by atoms with Gasteiger partial charge in [-0.3, -0.25) is 0 Å². The van der Waals surface area contributed by atoms with Gasteiger partial charge in [0.2, 0.25) is 0 Å². The van der Waals surface area contributed by atoms with Gasteiger partial charge in [-0.05, 0) is 20.0 Å². The van der Waals surface area contributed by atoms with Crippen LogP contribution < -0.4 is 5.32 Å². The lowest BCUT2D eigenvalue weighted by atomic mass is 10.4. The van der Waals surface area contributed by atoms with E-state index in [2.05, 4.69) is 5.32 Å². The quantitative estimate of drug-likeness (QED) is 0.623. The van der Waals surface area contributed by atoms with Gasteiger partial charge in [-0.15, -0.1) is 0 Å². The minimum Gasteiger partial charge on any atom is -0.382 e. The number of hydrogen-bond acceptors (Lipinski definition) is 4. The molecule has 4 heteroatoms. The third-order valence-electron chi connectivity index (χ3n) is 1.52. The molecule has 0 spiro atoms. The number of nitrogens with one attached hydrogen (secondary N) is 1. The summed E-state index contributed by atoms with van der Waals surface area (Å²) in [6.45, 7) is 16.4. The molecule has 19 heavy (non-hydrogen) atoms. The molecule has 0 aromatic rings. The van der Waals surface area contributed by atoms with E-state index in [0.717, 1.165) is 19.6 Å². The molecule has 4 nitrogen and oxygen atoms in total. The van der Waals surface area contributed by atoms with Crippen molar-refractivity contribution in [2.24, 2.45) is 0 Å². The van der Waals surface area contributed by atoms with Crippen molar-refractivity contribution in [2.75, 3.05) is 53.7 Å². The third kappa shape index (κ3) is 46.2. The molecule has 0 saturated heterocycles. The largest absolute Gasteiger partial charge is 0.382 e. The van der Waals surface area contributed by atoms with E-state index >= 15 is 0 Å². The third-order valence-corrected chi connectivity index (χ3v) is 1.52. The van der Waals surface area contributed by atoms with E-state index in [1.807, 2.05) is 48.6 Å². The van der Waals surface area contributed by atoms with Gasteiger partial charge in [-0.25, -0.2) is 0 Å². The molecule has 0 rings (SSSR count). The van der Waals surface area contributed by atoms with Gasteiger partial charge < -0.3 is 19.5 Å². The van der Waals surface area contributed by atoms with Crippen molar-refractivity contribution in [2.45, 2.75) is 48.0 Å². The van der Waals surface area contributed by atoms with Crippen molar-refractivity contribution < 1.29 is 14.2 Å². The highest BCUT2D eigenvalue weighted by atomic mass is 16.5. The van der Waals surface area contributed by atoms with Gasteiger partial charge in [0.25, 0.3) is 0 Å². The van der Waals surface area contributed by atoms with Crippen LogP contribution in [0.2, 0.25) is 0 Å². The second kappa shape index (κ2) is 43.1. The molecule has 0 fully saturated rings. The molecular weight excluding hydrogens is 242 g/mol. The average Bonchev–Trinajstić information content (AvgIpc) is 2.52. The van der Waals surface area contributed by atoms with E-state index in [4.69, 9.17) is 14.2 Å². The van der Waals surface area contributed by atoms with E-state index in [9.17, 15) is 0 Å². The van der Waals surface area contributed by atoms with Gasteiger partial charge >= 0.3 is 0 Å². The predicted octanol–water partition coefficient (Wildman–Crippen LogP) is 3.35. The summed E-state index contributed by atoms with van der Waals surface area (Å²) in [7, 11) is 3.60. The van der Waals surface area contributed by atoms with Crippen LogP contribution in [0.4, 0.5) is 0 Å². The van der Waals surface area contributed by atoms with E-state index in [0.29, 0.717) is 26.4 Å². The highest BCUT2D eigenvalue weighted by molar-refractivity contribution is 4.39. The number of rotatable bonds is 10. The number of methoxy groups -OCH3 is 1. The highest BCUT2D eigenvalue weighted by Gasteiger charge is 1.89. The van der Waals surface area contributed by atoms with Gasteiger partial charge in [0.05, 0.1) is 26.4 Å². The van der Waals surface area contributed by atoms with Crippen LogP contribution in [0, 0.1) is 0 Å². The van der Waals surface area contributed by atoms with Gasteiger partial charge in [0.15, 0.2) is 0 Å². The zero-order chi connectivity index (χ0) is 15.8. The maximum absolute atomic E-state index is 5.31. The van der Waals surface area contributed by atoms with Crippen molar-refractivity contribution >= 4 is 0 Å². The molecule has 0 aromatic heterocycles. The molecule has 0 aliphatic rings. The van der Waals surface area contributed by atoms with Crippen LogP contribution in [-0.2, 0) is 14.2 Å². The summed E-state index contributed by atoms with van der Waals surface area (Å²) in [5, 5.41) is 3.06. The molecule has 0 aliphatic heterocycles. The molecule has 122 valence electrons. The minimum atomic E-state index is 0.649. The van der Waals surface area contributed by atoms with Crippen LogP contribution in [0.25, 0.3) is 0 Å². The SMILES string of the molecule is CC.CC.CC.CNCCCOCCOCCOC. The summed E-state index contributed by atoms with van der Waals surface area (Å²) < 4.78 is 15.4. The first kappa shape index (κ1) is 27.2. The molecule has 0 aliphatic carbocycles. The molecule has 0 atom stereocenters. The second-order valence-electron chi connectivity index (χ2n) is 2.67. The Bertz CT molecular complexity index is 83.5. The van der Waals surface area contributed by atoms with E-state index in [1.54, 1.807) is 7.11 Å². The Kier molecular flexibility index (Phi) is 61.7. The first-order valence-electron chi connectivity index (χ1n) is 7.71. The van der Waals surface area contributed by atoms with Crippen molar-refractivity contribution in [1.82, 2.24) is 5.32 Å². The van der Waals surface area contributed by atoms with Gasteiger partial charge in [-0.2, -0.15) is 0 Å². The topological polar surface area (TPSA) is 39.7 Å². The smallest absolute Gasteiger partial charge is 0.0701 e. The predicted molar refractivity (Wildman–Crippen MR) is 86.1 cm³/mol. The molecule has 0 amide bonds. The molecule has 0 saturated carbocycles. The number of ether oxygens (including phenoxy) is 3. The molecule has 1 N–H and O–H groups in total. The summed E-state index contributed by atoms with van der Waals surface area (Å²) in [5.74, 6) is 0. The Balaban J connectivity index is -0.000000163. The maximum atomic E-state index is 5.31. The Morgan fingerprint density at radius 1 is 0.684 bits per heavy atom. The fraction of sp³-hybridized carbons (Fsp3) is 1.00. The summed E-state index contributed by atoms with van der Waals surface area (Å²) in [6.07, 6.45) is 1.05. The minimum absolute atomic E-state index is 0.649. The molecule has 0 heterocycles. The second-order valence-corrected chi connectivity index (χ2v) is 2.67. The molecular formula is C15H39NO3. The van der Waals surface area contributed by atoms with Gasteiger partial charge in [0, 0.05) is 13.7 Å². The summed E-state index contributed by atoms with van der Waals surface area (Å²) in [5.41, 5.74) is 0. The summed E-state index contributed by atoms with van der Waals surface area (Å²) in [4.78, 5) is 0. The monoisotopic (exact) mass is 281 g/mol. The Morgan fingerprint density at radius 2 is 1.11 bits per heavy atom. The first-order valence-corrected chi connectivity index (χ1v) is 7.71. The van der Waals surface area contributed by atoms with E-state index < -0.39 is 0 Å².